The smallest absolute Gasteiger partial charge is 0.101 e. The lowest BCUT2D eigenvalue weighted by Crippen LogP contribution is -2.39. The van der Waals surface area contributed by atoms with Crippen LogP contribution >= 0.6 is 15.9 Å². The molecule has 0 radical (unpaired) electrons. The van der Waals surface area contributed by atoms with Gasteiger partial charge in [0.2, 0.25) is 0 Å². The molecule has 19 heavy (non-hydrogen) atoms. The highest BCUT2D eigenvalue weighted by molar-refractivity contribution is 9.10. The van der Waals surface area contributed by atoms with Gasteiger partial charge in [0.05, 0.1) is 17.9 Å². The Hall–Kier alpha value is -1.09. The number of rotatable bonds is 5. The predicted molar refractivity (Wildman–Crippen MR) is 79.2 cm³/mol. The van der Waals surface area contributed by atoms with Crippen LogP contribution in [-0.2, 0) is 0 Å². The quantitative estimate of drug-likeness (QED) is 0.868. The van der Waals surface area contributed by atoms with E-state index in [1.54, 1.807) is 0 Å². The van der Waals surface area contributed by atoms with Crippen molar-refractivity contribution < 1.29 is 5.11 Å². The van der Waals surface area contributed by atoms with Gasteiger partial charge >= 0.3 is 0 Å². The Labute approximate surface area is 122 Å². The molecule has 0 spiro atoms. The number of aliphatic hydroxyl groups is 1. The van der Waals surface area contributed by atoms with Gasteiger partial charge in [-0.25, -0.2) is 0 Å². The molecule has 102 valence electrons. The highest BCUT2D eigenvalue weighted by atomic mass is 79.9. The van der Waals surface area contributed by atoms with Gasteiger partial charge in [0.25, 0.3) is 0 Å². The Balaban J connectivity index is 2.22. The number of hydrogen-bond donors (Lipinski definition) is 2. The van der Waals surface area contributed by atoms with Crippen molar-refractivity contribution in [3.63, 3.8) is 0 Å². The monoisotopic (exact) mass is 323 g/mol. The van der Waals surface area contributed by atoms with Crippen molar-refractivity contribution in [2.75, 3.05) is 31.1 Å². The highest BCUT2D eigenvalue weighted by Crippen LogP contribution is 2.25. The van der Waals surface area contributed by atoms with Crippen molar-refractivity contribution >= 4 is 21.6 Å². The van der Waals surface area contributed by atoms with E-state index in [0.717, 1.165) is 29.7 Å². The van der Waals surface area contributed by atoms with E-state index in [9.17, 15) is 10.4 Å². The van der Waals surface area contributed by atoms with Crippen LogP contribution in [0.25, 0.3) is 0 Å². The van der Waals surface area contributed by atoms with Crippen LogP contribution in [0.3, 0.4) is 0 Å². The zero-order chi connectivity index (χ0) is 13.7. The molecule has 1 atom stereocenters. The third-order valence-corrected chi connectivity index (χ3v) is 3.89. The molecule has 1 unspecified atom stereocenters. The predicted octanol–water partition coefficient (Wildman–Crippen LogP) is 1.87. The minimum absolute atomic E-state index is 0.0874. The van der Waals surface area contributed by atoms with Crippen molar-refractivity contribution in [1.29, 1.82) is 5.26 Å². The summed E-state index contributed by atoms with van der Waals surface area (Å²) in [6.07, 6.45) is 2.35. The zero-order valence-corrected chi connectivity index (χ0v) is 12.4. The van der Waals surface area contributed by atoms with Crippen LogP contribution in [0.4, 0.5) is 5.69 Å². The summed E-state index contributed by atoms with van der Waals surface area (Å²) in [5.41, 5.74) is 1.54. The lowest BCUT2D eigenvalue weighted by Gasteiger charge is -2.28. The van der Waals surface area contributed by atoms with Crippen molar-refractivity contribution in [2.45, 2.75) is 18.9 Å². The van der Waals surface area contributed by atoms with E-state index in [1.807, 2.05) is 18.2 Å². The average molecular weight is 324 g/mol. The molecule has 1 aliphatic rings. The lowest BCUT2D eigenvalue weighted by molar-refractivity contribution is 0.300. The van der Waals surface area contributed by atoms with Gasteiger partial charge in [-0.15, -0.1) is 0 Å². The Morgan fingerprint density at radius 1 is 1.53 bits per heavy atom. The number of halogens is 1. The van der Waals surface area contributed by atoms with E-state index in [4.69, 9.17) is 0 Å². The van der Waals surface area contributed by atoms with Crippen LogP contribution < -0.4 is 10.2 Å². The van der Waals surface area contributed by atoms with Gasteiger partial charge in [-0.05, 0) is 37.6 Å². The third kappa shape index (κ3) is 3.69. The maximum atomic E-state index is 9.25. The fourth-order valence-electron chi connectivity index (χ4n) is 2.47. The van der Waals surface area contributed by atoms with Crippen LogP contribution in [0, 0.1) is 11.3 Å². The Kier molecular flexibility index (Phi) is 5.20. The molecule has 0 amide bonds. The second-order valence-corrected chi connectivity index (χ2v) is 5.65. The van der Waals surface area contributed by atoms with Crippen LogP contribution in [0.1, 0.15) is 18.4 Å². The van der Waals surface area contributed by atoms with Crippen molar-refractivity contribution in [3.8, 4) is 6.07 Å². The minimum atomic E-state index is 0.0874. The summed E-state index contributed by atoms with van der Waals surface area (Å²) in [5.74, 6) is 0. The molecule has 4 nitrogen and oxygen atoms in total. The third-order valence-electron chi connectivity index (χ3n) is 3.39. The number of benzene rings is 1. The number of anilines is 1. The molecule has 5 heteroatoms. The molecule has 1 fully saturated rings. The summed E-state index contributed by atoms with van der Waals surface area (Å²) in [7, 11) is 0. The van der Waals surface area contributed by atoms with E-state index >= 15 is 0 Å². The second-order valence-electron chi connectivity index (χ2n) is 4.74. The van der Waals surface area contributed by atoms with Crippen molar-refractivity contribution in [1.82, 2.24) is 5.32 Å². The Morgan fingerprint density at radius 2 is 2.37 bits per heavy atom. The van der Waals surface area contributed by atoms with Gasteiger partial charge in [0.1, 0.15) is 6.07 Å². The molecule has 0 saturated carbocycles. The number of nitrogens with one attached hydrogen (secondary N) is 1. The van der Waals surface area contributed by atoms with Crippen molar-refractivity contribution in [3.05, 3.63) is 28.2 Å². The topological polar surface area (TPSA) is 59.3 Å². The Morgan fingerprint density at radius 3 is 3.00 bits per heavy atom. The second kappa shape index (κ2) is 6.90. The standard InChI is InChI=1S/C14H18BrN3O/c15-12-4-3-11(9-16)14(8-12)18(6-7-19)10-13-2-1-5-17-13/h3-4,8,13,17,19H,1-2,5-7,10H2. The van der Waals surface area contributed by atoms with Gasteiger partial charge < -0.3 is 15.3 Å². The molecular weight excluding hydrogens is 306 g/mol. The first-order valence-electron chi connectivity index (χ1n) is 6.53. The van der Waals surface area contributed by atoms with Gasteiger partial charge in [0, 0.05) is 23.6 Å². The van der Waals surface area contributed by atoms with Gasteiger partial charge in [-0.1, -0.05) is 15.9 Å². The number of nitrogens with zero attached hydrogens (tertiary/aromatic N) is 2. The molecule has 0 aromatic heterocycles. The summed E-state index contributed by atoms with van der Waals surface area (Å²) in [5, 5.41) is 21.9. The summed E-state index contributed by atoms with van der Waals surface area (Å²) in [6.45, 7) is 2.51. The number of aliphatic hydroxyl groups excluding tert-OH is 1. The summed E-state index contributed by atoms with van der Waals surface area (Å²) in [4.78, 5) is 2.09. The molecule has 0 aliphatic carbocycles. The largest absolute Gasteiger partial charge is 0.395 e. The van der Waals surface area contributed by atoms with Gasteiger partial charge in [0.15, 0.2) is 0 Å². The molecule has 1 saturated heterocycles. The molecule has 1 aliphatic heterocycles. The van der Waals surface area contributed by atoms with Crippen LogP contribution in [-0.4, -0.2) is 37.4 Å². The molecule has 1 aromatic rings. The highest BCUT2D eigenvalue weighted by Gasteiger charge is 2.19. The summed E-state index contributed by atoms with van der Waals surface area (Å²) in [6, 6.07) is 8.29. The van der Waals surface area contributed by atoms with Crippen LogP contribution in [0.2, 0.25) is 0 Å². The van der Waals surface area contributed by atoms with Gasteiger partial charge in [-0.2, -0.15) is 5.26 Å². The molecule has 1 heterocycles. The van der Waals surface area contributed by atoms with Crippen LogP contribution in [0.15, 0.2) is 22.7 Å². The van der Waals surface area contributed by atoms with E-state index in [-0.39, 0.29) is 6.61 Å². The normalized spacial score (nSPS) is 18.3. The van der Waals surface area contributed by atoms with E-state index < -0.39 is 0 Å². The molecule has 2 rings (SSSR count). The SMILES string of the molecule is N#Cc1ccc(Br)cc1N(CCO)CC1CCCN1. The average Bonchev–Trinajstić information content (AvgIpc) is 2.91. The molecule has 2 N–H and O–H groups in total. The molecular formula is C14H18BrN3O. The zero-order valence-electron chi connectivity index (χ0n) is 10.8. The fourth-order valence-corrected chi connectivity index (χ4v) is 2.82. The molecule has 1 aromatic carbocycles. The van der Waals surface area contributed by atoms with E-state index in [0.29, 0.717) is 18.2 Å². The van der Waals surface area contributed by atoms with Crippen LogP contribution in [0.5, 0.6) is 0 Å². The maximum absolute atomic E-state index is 9.25. The first-order chi connectivity index (χ1) is 9.24. The minimum Gasteiger partial charge on any atom is -0.395 e. The Bertz CT molecular complexity index is 466. The molecule has 0 bridgehead atoms. The number of nitriles is 1. The van der Waals surface area contributed by atoms with Gasteiger partial charge in [-0.3, -0.25) is 0 Å². The first-order valence-corrected chi connectivity index (χ1v) is 7.32. The van der Waals surface area contributed by atoms with E-state index in [1.165, 1.54) is 6.42 Å². The summed E-state index contributed by atoms with van der Waals surface area (Å²) < 4.78 is 0.948. The first kappa shape index (κ1) is 14.3. The lowest BCUT2D eigenvalue weighted by atomic mass is 10.1. The fraction of sp³-hybridized carbons (Fsp3) is 0.500. The van der Waals surface area contributed by atoms with Crippen molar-refractivity contribution in [2.24, 2.45) is 0 Å². The van der Waals surface area contributed by atoms with E-state index in [2.05, 4.69) is 32.2 Å². The maximum Gasteiger partial charge on any atom is 0.101 e. The number of hydrogen-bond acceptors (Lipinski definition) is 4. The summed E-state index contributed by atoms with van der Waals surface area (Å²) >= 11 is 3.44.